The van der Waals surface area contributed by atoms with Gasteiger partial charge in [-0.3, -0.25) is 4.79 Å². The molecule has 0 aromatic carbocycles. The maximum Gasteiger partial charge on any atom is 0.256 e. The lowest BCUT2D eigenvalue weighted by molar-refractivity contribution is 0.0774. The lowest BCUT2D eigenvalue weighted by atomic mass is 10.2. The number of nitrogens with zero attached hydrogens (tertiary/aromatic N) is 1. The number of nitrogens with two attached hydrogens (primary N) is 1. The van der Waals surface area contributed by atoms with E-state index in [-0.39, 0.29) is 5.91 Å². The van der Waals surface area contributed by atoms with Gasteiger partial charge in [-0.1, -0.05) is 0 Å². The second kappa shape index (κ2) is 4.28. The minimum absolute atomic E-state index is 0.0313. The van der Waals surface area contributed by atoms with E-state index in [9.17, 15) is 4.79 Å². The number of hydrogen-bond acceptors (Lipinski definition) is 3. The Morgan fingerprint density at radius 3 is 2.54 bits per heavy atom. The third kappa shape index (κ3) is 2.01. The van der Waals surface area contributed by atoms with Crippen molar-refractivity contribution in [2.24, 2.45) is 0 Å². The van der Waals surface area contributed by atoms with Gasteiger partial charge in [0, 0.05) is 13.1 Å². The van der Waals surface area contributed by atoms with E-state index in [0.29, 0.717) is 10.6 Å². The van der Waals surface area contributed by atoms with E-state index >= 15 is 0 Å². The Hall–Kier alpha value is -1.03. The SMILES string of the molecule is CCN(CC)C(=O)c1ccsc1N. The van der Waals surface area contributed by atoms with E-state index in [4.69, 9.17) is 5.73 Å². The molecule has 72 valence electrons. The molecule has 0 radical (unpaired) electrons. The van der Waals surface area contributed by atoms with Gasteiger partial charge in [-0.05, 0) is 25.3 Å². The van der Waals surface area contributed by atoms with E-state index in [1.54, 1.807) is 11.0 Å². The second-order valence-electron chi connectivity index (χ2n) is 2.68. The maximum atomic E-state index is 11.7. The molecular weight excluding hydrogens is 184 g/mol. The van der Waals surface area contributed by atoms with Gasteiger partial charge in [-0.25, -0.2) is 0 Å². The Kier molecular flexibility index (Phi) is 3.31. The molecule has 1 amide bonds. The number of thiophene rings is 1. The van der Waals surface area contributed by atoms with Gasteiger partial charge in [0.1, 0.15) is 0 Å². The highest BCUT2D eigenvalue weighted by molar-refractivity contribution is 7.14. The van der Waals surface area contributed by atoms with Crippen LogP contribution in [0.25, 0.3) is 0 Å². The molecular formula is C9H14N2OS. The molecule has 0 saturated carbocycles. The Morgan fingerprint density at radius 2 is 2.15 bits per heavy atom. The van der Waals surface area contributed by atoms with Crippen molar-refractivity contribution < 1.29 is 4.79 Å². The van der Waals surface area contributed by atoms with E-state index in [0.717, 1.165) is 13.1 Å². The zero-order valence-corrected chi connectivity index (χ0v) is 8.73. The van der Waals surface area contributed by atoms with Gasteiger partial charge in [0.2, 0.25) is 0 Å². The fraction of sp³-hybridized carbons (Fsp3) is 0.444. The molecule has 0 unspecified atom stereocenters. The highest BCUT2D eigenvalue weighted by Gasteiger charge is 2.15. The van der Waals surface area contributed by atoms with Crippen molar-refractivity contribution in [3.63, 3.8) is 0 Å². The summed E-state index contributed by atoms with van der Waals surface area (Å²) in [5.74, 6) is 0.0313. The first-order valence-corrected chi connectivity index (χ1v) is 5.20. The van der Waals surface area contributed by atoms with Gasteiger partial charge in [0.05, 0.1) is 10.6 Å². The monoisotopic (exact) mass is 198 g/mol. The van der Waals surface area contributed by atoms with E-state index in [2.05, 4.69) is 0 Å². The fourth-order valence-electron chi connectivity index (χ4n) is 1.18. The zero-order chi connectivity index (χ0) is 9.84. The summed E-state index contributed by atoms with van der Waals surface area (Å²) in [7, 11) is 0. The summed E-state index contributed by atoms with van der Waals surface area (Å²) >= 11 is 1.40. The van der Waals surface area contributed by atoms with Crippen molar-refractivity contribution >= 4 is 22.2 Å². The van der Waals surface area contributed by atoms with Crippen LogP contribution in [-0.2, 0) is 0 Å². The van der Waals surface area contributed by atoms with Crippen LogP contribution in [-0.4, -0.2) is 23.9 Å². The molecule has 0 aliphatic heterocycles. The molecule has 13 heavy (non-hydrogen) atoms. The summed E-state index contributed by atoms with van der Waals surface area (Å²) in [5.41, 5.74) is 6.29. The van der Waals surface area contributed by atoms with E-state index < -0.39 is 0 Å². The van der Waals surface area contributed by atoms with Crippen LogP contribution in [0.5, 0.6) is 0 Å². The van der Waals surface area contributed by atoms with Crippen LogP contribution >= 0.6 is 11.3 Å². The van der Waals surface area contributed by atoms with Crippen LogP contribution in [0.1, 0.15) is 24.2 Å². The third-order valence-electron chi connectivity index (χ3n) is 1.98. The maximum absolute atomic E-state index is 11.7. The van der Waals surface area contributed by atoms with Crippen LogP contribution in [0.4, 0.5) is 5.00 Å². The van der Waals surface area contributed by atoms with Gasteiger partial charge in [0.25, 0.3) is 5.91 Å². The molecule has 0 saturated heterocycles. The number of carbonyl (C=O) groups is 1. The van der Waals surface area contributed by atoms with Crippen LogP contribution in [0.3, 0.4) is 0 Å². The molecule has 1 aromatic rings. The molecule has 2 N–H and O–H groups in total. The molecule has 0 aliphatic carbocycles. The summed E-state index contributed by atoms with van der Waals surface area (Å²) < 4.78 is 0. The first-order chi connectivity index (χ1) is 6.20. The molecule has 0 fully saturated rings. The summed E-state index contributed by atoms with van der Waals surface area (Å²) in [6, 6.07) is 1.78. The van der Waals surface area contributed by atoms with Gasteiger partial charge in [-0.2, -0.15) is 0 Å². The molecule has 0 spiro atoms. The molecule has 0 bridgehead atoms. The van der Waals surface area contributed by atoms with Crippen LogP contribution in [0, 0.1) is 0 Å². The molecule has 1 aromatic heterocycles. The normalized spacial score (nSPS) is 10.0. The molecule has 0 atom stereocenters. The molecule has 1 heterocycles. The van der Waals surface area contributed by atoms with Gasteiger partial charge >= 0.3 is 0 Å². The smallest absolute Gasteiger partial charge is 0.256 e. The summed E-state index contributed by atoms with van der Waals surface area (Å²) in [5, 5.41) is 2.45. The van der Waals surface area contributed by atoms with Crippen molar-refractivity contribution in [2.45, 2.75) is 13.8 Å². The fourth-order valence-corrected chi connectivity index (χ4v) is 1.81. The molecule has 4 heteroatoms. The van der Waals surface area contributed by atoms with Crippen LogP contribution < -0.4 is 5.73 Å². The summed E-state index contributed by atoms with van der Waals surface area (Å²) in [4.78, 5) is 13.5. The molecule has 3 nitrogen and oxygen atoms in total. The predicted octanol–water partition coefficient (Wildman–Crippen LogP) is 1.81. The second-order valence-corrected chi connectivity index (χ2v) is 3.62. The highest BCUT2D eigenvalue weighted by atomic mass is 32.1. The zero-order valence-electron chi connectivity index (χ0n) is 7.91. The van der Waals surface area contributed by atoms with Crippen molar-refractivity contribution in [3.05, 3.63) is 17.0 Å². The summed E-state index contributed by atoms with van der Waals surface area (Å²) in [6.07, 6.45) is 0. The topological polar surface area (TPSA) is 46.3 Å². The number of amides is 1. The van der Waals surface area contributed by atoms with Crippen molar-refractivity contribution in [1.29, 1.82) is 0 Å². The Morgan fingerprint density at radius 1 is 1.54 bits per heavy atom. The van der Waals surface area contributed by atoms with Gasteiger partial charge in [-0.15, -0.1) is 11.3 Å². The van der Waals surface area contributed by atoms with Crippen molar-refractivity contribution in [2.75, 3.05) is 18.8 Å². The largest absolute Gasteiger partial charge is 0.390 e. The van der Waals surface area contributed by atoms with Crippen molar-refractivity contribution in [1.82, 2.24) is 4.90 Å². The number of anilines is 1. The van der Waals surface area contributed by atoms with Crippen LogP contribution in [0.15, 0.2) is 11.4 Å². The Balaban J connectivity index is 2.84. The first-order valence-electron chi connectivity index (χ1n) is 4.32. The molecule has 1 rings (SSSR count). The lowest BCUT2D eigenvalue weighted by Gasteiger charge is -2.17. The lowest BCUT2D eigenvalue weighted by Crippen LogP contribution is -2.30. The predicted molar refractivity (Wildman–Crippen MR) is 56.0 cm³/mol. The number of hydrogen-bond donors (Lipinski definition) is 1. The minimum Gasteiger partial charge on any atom is -0.390 e. The van der Waals surface area contributed by atoms with Gasteiger partial charge in [0.15, 0.2) is 0 Å². The third-order valence-corrected chi connectivity index (χ3v) is 2.72. The number of rotatable bonds is 3. The van der Waals surface area contributed by atoms with Crippen LogP contribution in [0.2, 0.25) is 0 Å². The highest BCUT2D eigenvalue weighted by Crippen LogP contribution is 2.20. The van der Waals surface area contributed by atoms with Crippen molar-refractivity contribution in [3.8, 4) is 0 Å². The Bertz CT molecular complexity index is 292. The number of carbonyl (C=O) groups excluding carboxylic acids is 1. The summed E-state index contributed by atoms with van der Waals surface area (Å²) in [6.45, 7) is 5.38. The minimum atomic E-state index is 0.0313. The average molecular weight is 198 g/mol. The van der Waals surface area contributed by atoms with E-state index in [1.165, 1.54) is 11.3 Å². The molecule has 0 aliphatic rings. The average Bonchev–Trinajstić information content (AvgIpc) is 2.53. The Labute approximate surface area is 82.2 Å². The first kappa shape index (κ1) is 10.1. The quantitative estimate of drug-likeness (QED) is 0.805. The standard InChI is InChI=1S/C9H14N2OS/c1-3-11(4-2)9(12)7-5-6-13-8(7)10/h5-6H,3-4,10H2,1-2H3. The van der Waals surface area contributed by atoms with E-state index in [1.807, 2.05) is 19.2 Å². The number of nitrogen functional groups attached to an aromatic ring is 1. The van der Waals surface area contributed by atoms with Gasteiger partial charge < -0.3 is 10.6 Å².